The van der Waals surface area contributed by atoms with Crippen molar-refractivity contribution in [1.82, 2.24) is 8.87 Å². The molecule has 0 unspecified atom stereocenters. The predicted octanol–water partition coefficient (Wildman–Crippen LogP) is 1.95. The lowest BCUT2D eigenvalue weighted by Gasteiger charge is -2.42. The first-order chi connectivity index (χ1) is 14.3. The molecule has 1 amide bonds. The van der Waals surface area contributed by atoms with Crippen molar-refractivity contribution >= 4 is 21.6 Å². The Kier molecular flexibility index (Phi) is 4.41. The highest BCUT2D eigenvalue weighted by atomic mass is 32.2. The molecule has 0 N–H and O–H groups in total. The van der Waals surface area contributed by atoms with Gasteiger partial charge in [-0.2, -0.15) is 4.31 Å². The number of carbonyl (C=O) groups excluding carboxylic acids is 1. The summed E-state index contributed by atoms with van der Waals surface area (Å²) in [5.41, 5.74) is 2.62. The summed E-state index contributed by atoms with van der Waals surface area (Å²) in [6.45, 7) is 4.88. The summed E-state index contributed by atoms with van der Waals surface area (Å²) in [5.74, 6) is 0.132. The Bertz CT molecular complexity index is 1200. The number of pyridine rings is 1. The van der Waals surface area contributed by atoms with Gasteiger partial charge in [0, 0.05) is 56.0 Å². The second-order valence-electron chi connectivity index (χ2n) is 8.75. The molecule has 5 rings (SSSR count). The van der Waals surface area contributed by atoms with E-state index in [4.69, 9.17) is 0 Å². The molecule has 1 saturated heterocycles. The number of aromatic nitrogens is 1. The van der Waals surface area contributed by atoms with Crippen LogP contribution in [0.3, 0.4) is 0 Å². The Morgan fingerprint density at radius 3 is 2.67 bits per heavy atom. The van der Waals surface area contributed by atoms with Crippen LogP contribution in [0.25, 0.3) is 0 Å². The average Bonchev–Trinajstić information content (AvgIpc) is 3.03. The van der Waals surface area contributed by atoms with Crippen LogP contribution in [0.4, 0.5) is 5.69 Å². The van der Waals surface area contributed by atoms with Crippen molar-refractivity contribution in [3.63, 3.8) is 0 Å². The van der Waals surface area contributed by atoms with Crippen LogP contribution in [0.1, 0.15) is 37.4 Å². The lowest BCUT2D eigenvalue weighted by Crippen LogP contribution is -2.49. The van der Waals surface area contributed by atoms with E-state index >= 15 is 0 Å². The first kappa shape index (κ1) is 19.5. The topological polar surface area (TPSA) is 79.7 Å². The van der Waals surface area contributed by atoms with Crippen LogP contribution in [0.5, 0.6) is 0 Å². The maximum atomic E-state index is 13.5. The van der Waals surface area contributed by atoms with Crippen molar-refractivity contribution < 1.29 is 13.2 Å². The smallest absolute Gasteiger partial charge is 0.250 e. The Hall–Kier alpha value is -2.45. The zero-order chi connectivity index (χ0) is 21.2. The summed E-state index contributed by atoms with van der Waals surface area (Å²) in [4.78, 5) is 26.2. The van der Waals surface area contributed by atoms with Gasteiger partial charge in [-0.05, 0) is 55.5 Å². The highest BCUT2D eigenvalue weighted by molar-refractivity contribution is 7.89. The van der Waals surface area contributed by atoms with Crippen LogP contribution in [-0.2, 0) is 27.8 Å². The fraction of sp³-hybridized carbons (Fsp3) is 0.455. The van der Waals surface area contributed by atoms with E-state index in [1.807, 2.05) is 13.0 Å². The van der Waals surface area contributed by atoms with Crippen LogP contribution in [0.2, 0.25) is 0 Å². The summed E-state index contributed by atoms with van der Waals surface area (Å²) < 4.78 is 30.3. The van der Waals surface area contributed by atoms with Crippen molar-refractivity contribution in [2.75, 3.05) is 18.0 Å². The molecule has 4 heterocycles. The van der Waals surface area contributed by atoms with Gasteiger partial charge in [-0.25, -0.2) is 8.42 Å². The lowest BCUT2D eigenvalue weighted by molar-refractivity contribution is -0.116. The van der Waals surface area contributed by atoms with Gasteiger partial charge >= 0.3 is 0 Å². The zero-order valence-electron chi connectivity index (χ0n) is 17.1. The molecule has 0 saturated carbocycles. The number of hydrogen-bond donors (Lipinski definition) is 0. The molecular weight excluding hydrogens is 402 g/mol. The number of anilines is 1. The number of nitrogens with zero attached hydrogens (tertiary/aromatic N) is 3. The van der Waals surface area contributed by atoms with E-state index in [1.165, 1.54) is 6.92 Å². The summed E-state index contributed by atoms with van der Waals surface area (Å²) in [6, 6.07) is 10.4. The van der Waals surface area contributed by atoms with E-state index < -0.39 is 10.0 Å². The molecule has 0 spiro atoms. The van der Waals surface area contributed by atoms with Gasteiger partial charge < -0.3 is 9.47 Å². The minimum atomic E-state index is -3.65. The van der Waals surface area contributed by atoms with Gasteiger partial charge in [0.15, 0.2) is 0 Å². The number of amides is 1. The van der Waals surface area contributed by atoms with Gasteiger partial charge in [-0.1, -0.05) is 6.07 Å². The van der Waals surface area contributed by atoms with E-state index in [2.05, 4.69) is 0 Å². The normalized spacial score (nSPS) is 25.7. The molecule has 8 heteroatoms. The van der Waals surface area contributed by atoms with Crippen molar-refractivity contribution in [1.29, 1.82) is 0 Å². The van der Waals surface area contributed by atoms with Crippen LogP contribution >= 0.6 is 0 Å². The van der Waals surface area contributed by atoms with E-state index in [0.29, 0.717) is 26.1 Å². The Morgan fingerprint density at radius 2 is 1.90 bits per heavy atom. The summed E-state index contributed by atoms with van der Waals surface area (Å²) in [7, 11) is -3.65. The second-order valence-corrected chi connectivity index (χ2v) is 10.7. The molecule has 1 fully saturated rings. The Balaban J connectivity index is 1.47. The molecule has 2 aromatic rings. The fourth-order valence-electron chi connectivity index (χ4n) is 5.45. The van der Waals surface area contributed by atoms with Crippen LogP contribution in [0.15, 0.2) is 46.1 Å². The second kappa shape index (κ2) is 6.78. The zero-order valence-corrected chi connectivity index (χ0v) is 17.9. The van der Waals surface area contributed by atoms with Crippen molar-refractivity contribution in [2.24, 2.45) is 5.92 Å². The molecule has 0 radical (unpaired) electrons. The SMILES string of the molecule is CC(=O)N1c2ccc(S(=O)(=O)N3C[C@H]4C[C@@H](C3)c3cccc(=O)n3C4)cc2C[C@H]1C. The summed E-state index contributed by atoms with van der Waals surface area (Å²) in [5, 5.41) is 0. The largest absolute Gasteiger partial charge is 0.312 e. The maximum Gasteiger partial charge on any atom is 0.250 e. The summed E-state index contributed by atoms with van der Waals surface area (Å²) in [6.07, 6.45) is 1.56. The standard InChI is InChI=1S/C22H25N3O4S/c1-14-8-17-10-19(6-7-21(17)25(14)15(2)26)30(28,29)23-11-16-9-18(13-23)20-4-3-5-22(27)24(20)12-16/h3-7,10,14,16,18H,8-9,11-13H2,1-2H3/t14-,16-,18+/m1/s1. The average molecular weight is 428 g/mol. The number of benzene rings is 1. The third-order valence-electron chi connectivity index (χ3n) is 6.69. The van der Waals surface area contributed by atoms with Gasteiger partial charge in [0.05, 0.1) is 4.90 Å². The van der Waals surface area contributed by atoms with Gasteiger partial charge in [0.2, 0.25) is 15.9 Å². The lowest BCUT2D eigenvalue weighted by atomic mass is 9.84. The van der Waals surface area contributed by atoms with Crippen molar-refractivity contribution in [3.8, 4) is 0 Å². The van der Waals surface area contributed by atoms with Crippen LogP contribution in [-0.4, -0.2) is 42.3 Å². The van der Waals surface area contributed by atoms with Gasteiger partial charge in [0.25, 0.3) is 5.56 Å². The Morgan fingerprint density at radius 1 is 1.10 bits per heavy atom. The molecule has 1 aromatic heterocycles. The minimum absolute atomic E-state index is 0.0127. The van der Waals surface area contributed by atoms with Crippen molar-refractivity contribution in [3.05, 3.63) is 58.0 Å². The Labute approximate surface area is 176 Å². The van der Waals surface area contributed by atoms with Crippen LogP contribution in [0, 0.1) is 5.92 Å². The molecule has 1 aromatic carbocycles. The highest BCUT2D eigenvalue weighted by Crippen LogP contribution is 2.39. The number of carbonyl (C=O) groups is 1. The van der Waals surface area contributed by atoms with E-state index in [9.17, 15) is 18.0 Å². The molecule has 3 aliphatic rings. The first-order valence-corrected chi connectivity index (χ1v) is 11.8. The van der Waals surface area contributed by atoms with Gasteiger partial charge in [-0.3, -0.25) is 9.59 Å². The number of fused-ring (bicyclic) bond motifs is 5. The number of sulfonamides is 1. The highest BCUT2D eigenvalue weighted by Gasteiger charge is 2.40. The van der Waals surface area contributed by atoms with E-state index in [1.54, 1.807) is 44.1 Å². The first-order valence-electron chi connectivity index (χ1n) is 10.4. The van der Waals surface area contributed by atoms with Crippen LogP contribution < -0.4 is 10.5 Å². The van der Waals surface area contributed by atoms with Crippen molar-refractivity contribution in [2.45, 2.75) is 50.1 Å². The number of rotatable bonds is 2. The number of hydrogen-bond acceptors (Lipinski definition) is 4. The minimum Gasteiger partial charge on any atom is -0.312 e. The molecular formula is C22H25N3O4S. The summed E-state index contributed by atoms with van der Waals surface area (Å²) >= 11 is 0. The molecule has 7 nitrogen and oxygen atoms in total. The predicted molar refractivity (Wildman–Crippen MR) is 113 cm³/mol. The fourth-order valence-corrected chi connectivity index (χ4v) is 7.06. The third kappa shape index (κ3) is 2.93. The molecule has 0 aliphatic carbocycles. The molecule has 3 aliphatic heterocycles. The van der Waals surface area contributed by atoms with E-state index in [0.717, 1.165) is 23.4 Å². The molecule has 30 heavy (non-hydrogen) atoms. The van der Waals surface area contributed by atoms with Gasteiger partial charge in [0.1, 0.15) is 0 Å². The molecule has 2 bridgehead atoms. The maximum absolute atomic E-state index is 13.5. The van der Waals surface area contributed by atoms with E-state index in [-0.39, 0.29) is 34.2 Å². The molecule has 158 valence electrons. The van der Waals surface area contributed by atoms with Gasteiger partial charge in [-0.15, -0.1) is 0 Å². The quantitative estimate of drug-likeness (QED) is 0.734. The molecule has 3 atom stereocenters. The number of piperidine rings is 1. The third-order valence-corrected chi connectivity index (χ3v) is 8.52. The monoisotopic (exact) mass is 427 g/mol.